The molecule has 0 aromatic heterocycles. The lowest BCUT2D eigenvalue weighted by atomic mass is 10.0. The van der Waals surface area contributed by atoms with Crippen molar-refractivity contribution in [3.05, 3.63) is 102 Å². The first-order chi connectivity index (χ1) is 10.9. The van der Waals surface area contributed by atoms with Gasteiger partial charge in [0.05, 0.1) is 0 Å². The van der Waals surface area contributed by atoms with Crippen molar-refractivity contribution in [1.29, 1.82) is 0 Å². The summed E-state index contributed by atoms with van der Waals surface area (Å²) >= 11 is 0. The van der Waals surface area contributed by atoms with E-state index in [1.54, 1.807) is 0 Å². The topological polar surface area (TPSA) is 35.2 Å². The van der Waals surface area contributed by atoms with Crippen molar-refractivity contribution < 1.29 is 4.74 Å². The van der Waals surface area contributed by atoms with Crippen LogP contribution < -0.4 is 10.5 Å². The molecule has 0 amide bonds. The van der Waals surface area contributed by atoms with Crippen LogP contribution in [0, 0.1) is 0 Å². The molecule has 3 aromatic rings. The van der Waals surface area contributed by atoms with E-state index >= 15 is 0 Å². The third-order valence-electron chi connectivity index (χ3n) is 3.59. The molecular formula is C20H19NO. The molecule has 3 aromatic carbocycles. The SMILES string of the molecule is NCc1cccc(OC(c2ccccc2)c2ccccc2)c1. The van der Waals surface area contributed by atoms with E-state index in [-0.39, 0.29) is 6.10 Å². The summed E-state index contributed by atoms with van der Waals surface area (Å²) < 4.78 is 6.27. The molecule has 0 aliphatic rings. The Bertz CT molecular complexity index is 671. The maximum atomic E-state index is 6.27. The van der Waals surface area contributed by atoms with Crippen LogP contribution in [0.2, 0.25) is 0 Å². The van der Waals surface area contributed by atoms with Crippen LogP contribution in [-0.2, 0) is 6.54 Å². The Labute approximate surface area is 131 Å². The van der Waals surface area contributed by atoms with Crippen LogP contribution in [0.1, 0.15) is 22.8 Å². The zero-order valence-electron chi connectivity index (χ0n) is 12.4. The lowest BCUT2D eigenvalue weighted by Crippen LogP contribution is -2.09. The van der Waals surface area contributed by atoms with E-state index in [1.807, 2.05) is 60.7 Å². The number of hydrogen-bond acceptors (Lipinski definition) is 2. The fourth-order valence-corrected chi connectivity index (χ4v) is 2.47. The molecule has 110 valence electrons. The van der Waals surface area contributed by atoms with Crippen LogP contribution in [0.25, 0.3) is 0 Å². The largest absolute Gasteiger partial charge is 0.481 e. The summed E-state index contributed by atoms with van der Waals surface area (Å²) in [5.41, 5.74) is 9.05. The number of nitrogens with two attached hydrogens (primary N) is 1. The molecule has 2 heteroatoms. The van der Waals surface area contributed by atoms with Gasteiger partial charge in [0, 0.05) is 6.54 Å². The summed E-state index contributed by atoms with van der Waals surface area (Å²) in [4.78, 5) is 0. The second kappa shape index (κ2) is 6.92. The van der Waals surface area contributed by atoms with Crippen molar-refractivity contribution in [2.24, 2.45) is 5.73 Å². The zero-order chi connectivity index (χ0) is 15.2. The van der Waals surface area contributed by atoms with Gasteiger partial charge in [0.1, 0.15) is 11.9 Å². The predicted octanol–water partition coefficient (Wildman–Crippen LogP) is 4.31. The minimum absolute atomic E-state index is 0.129. The summed E-state index contributed by atoms with van der Waals surface area (Å²) in [7, 11) is 0. The molecule has 0 bridgehead atoms. The molecular weight excluding hydrogens is 270 g/mol. The average molecular weight is 289 g/mol. The van der Waals surface area contributed by atoms with Gasteiger partial charge in [-0.3, -0.25) is 0 Å². The first-order valence-corrected chi connectivity index (χ1v) is 7.42. The number of ether oxygens (including phenoxy) is 1. The van der Waals surface area contributed by atoms with Gasteiger partial charge in [-0.25, -0.2) is 0 Å². The molecule has 0 heterocycles. The highest BCUT2D eigenvalue weighted by Gasteiger charge is 2.15. The van der Waals surface area contributed by atoms with Crippen molar-refractivity contribution in [2.75, 3.05) is 0 Å². The lowest BCUT2D eigenvalue weighted by Gasteiger charge is -2.20. The van der Waals surface area contributed by atoms with Gasteiger partial charge in [0.15, 0.2) is 0 Å². The molecule has 0 aliphatic carbocycles. The van der Waals surface area contributed by atoms with E-state index in [0.29, 0.717) is 6.54 Å². The molecule has 22 heavy (non-hydrogen) atoms. The van der Waals surface area contributed by atoms with Crippen molar-refractivity contribution in [3.63, 3.8) is 0 Å². The van der Waals surface area contributed by atoms with Gasteiger partial charge in [-0.1, -0.05) is 72.8 Å². The number of benzene rings is 3. The molecule has 0 saturated carbocycles. The highest BCUT2D eigenvalue weighted by molar-refractivity contribution is 5.34. The highest BCUT2D eigenvalue weighted by Crippen LogP contribution is 2.28. The molecule has 0 unspecified atom stereocenters. The molecule has 2 nitrogen and oxygen atoms in total. The van der Waals surface area contributed by atoms with E-state index in [1.165, 1.54) is 0 Å². The number of hydrogen-bond donors (Lipinski definition) is 1. The zero-order valence-corrected chi connectivity index (χ0v) is 12.4. The molecule has 3 rings (SSSR count). The van der Waals surface area contributed by atoms with Gasteiger partial charge >= 0.3 is 0 Å². The fraction of sp³-hybridized carbons (Fsp3) is 0.100. The molecule has 0 radical (unpaired) electrons. The Kier molecular flexibility index (Phi) is 4.52. The molecule has 0 spiro atoms. The first-order valence-electron chi connectivity index (χ1n) is 7.42. The highest BCUT2D eigenvalue weighted by atomic mass is 16.5. The molecule has 0 aliphatic heterocycles. The molecule has 2 N–H and O–H groups in total. The Morgan fingerprint density at radius 3 is 1.86 bits per heavy atom. The van der Waals surface area contributed by atoms with Crippen LogP contribution in [0.15, 0.2) is 84.9 Å². The minimum Gasteiger partial charge on any atom is -0.481 e. The van der Waals surface area contributed by atoms with Crippen molar-refractivity contribution in [3.8, 4) is 5.75 Å². The van der Waals surface area contributed by atoms with Crippen LogP contribution in [0.3, 0.4) is 0 Å². The third kappa shape index (κ3) is 3.35. The minimum atomic E-state index is -0.129. The van der Waals surface area contributed by atoms with Gasteiger partial charge in [-0.05, 0) is 28.8 Å². The Hall–Kier alpha value is -2.58. The van der Waals surface area contributed by atoms with E-state index in [4.69, 9.17) is 10.5 Å². The lowest BCUT2D eigenvalue weighted by molar-refractivity contribution is 0.247. The van der Waals surface area contributed by atoms with Crippen molar-refractivity contribution >= 4 is 0 Å². The Balaban J connectivity index is 1.95. The molecule has 0 atom stereocenters. The standard InChI is InChI=1S/C20H19NO/c21-15-16-8-7-13-19(14-16)22-20(17-9-3-1-4-10-17)18-11-5-2-6-12-18/h1-14,20H,15,21H2. The smallest absolute Gasteiger partial charge is 0.149 e. The maximum absolute atomic E-state index is 6.27. The summed E-state index contributed by atoms with van der Waals surface area (Å²) in [6.07, 6.45) is -0.129. The van der Waals surface area contributed by atoms with Crippen LogP contribution >= 0.6 is 0 Å². The van der Waals surface area contributed by atoms with Gasteiger partial charge < -0.3 is 10.5 Å². The normalized spacial score (nSPS) is 10.6. The summed E-state index contributed by atoms with van der Waals surface area (Å²) in [6.45, 7) is 0.512. The van der Waals surface area contributed by atoms with Gasteiger partial charge in [-0.2, -0.15) is 0 Å². The second-order valence-electron chi connectivity index (χ2n) is 5.17. The summed E-state index contributed by atoms with van der Waals surface area (Å²) in [6, 6.07) is 28.5. The van der Waals surface area contributed by atoms with Crippen LogP contribution in [0.4, 0.5) is 0 Å². The summed E-state index contributed by atoms with van der Waals surface area (Å²) in [5.74, 6) is 0.834. The average Bonchev–Trinajstić information content (AvgIpc) is 2.61. The quantitative estimate of drug-likeness (QED) is 0.759. The first kappa shape index (κ1) is 14.4. The Morgan fingerprint density at radius 1 is 0.727 bits per heavy atom. The second-order valence-corrected chi connectivity index (χ2v) is 5.17. The maximum Gasteiger partial charge on any atom is 0.149 e. The predicted molar refractivity (Wildman–Crippen MR) is 89.7 cm³/mol. The van der Waals surface area contributed by atoms with Gasteiger partial charge in [0.2, 0.25) is 0 Å². The van der Waals surface area contributed by atoms with E-state index in [2.05, 4.69) is 24.3 Å². The Morgan fingerprint density at radius 2 is 1.32 bits per heavy atom. The fourth-order valence-electron chi connectivity index (χ4n) is 2.47. The van der Waals surface area contributed by atoms with E-state index in [9.17, 15) is 0 Å². The van der Waals surface area contributed by atoms with E-state index in [0.717, 1.165) is 22.4 Å². The molecule has 0 saturated heterocycles. The van der Waals surface area contributed by atoms with Gasteiger partial charge in [0.25, 0.3) is 0 Å². The van der Waals surface area contributed by atoms with Crippen molar-refractivity contribution in [2.45, 2.75) is 12.6 Å². The van der Waals surface area contributed by atoms with E-state index < -0.39 is 0 Å². The summed E-state index contributed by atoms with van der Waals surface area (Å²) in [5, 5.41) is 0. The molecule has 0 fully saturated rings. The van der Waals surface area contributed by atoms with Crippen molar-refractivity contribution in [1.82, 2.24) is 0 Å². The third-order valence-corrected chi connectivity index (χ3v) is 3.59. The monoisotopic (exact) mass is 289 g/mol. The van der Waals surface area contributed by atoms with Crippen LogP contribution in [-0.4, -0.2) is 0 Å². The van der Waals surface area contributed by atoms with Crippen LogP contribution in [0.5, 0.6) is 5.75 Å². The van der Waals surface area contributed by atoms with Gasteiger partial charge in [-0.15, -0.1) is 0 Å². The number of rotatable bonds is 5.